The number of ether oxygens (including phenoxy) is 1. The van der Waals surface area contributed by atoms with E-state index in [-0.39, 0.29) is 0 Å². The minimum atomic E-state index is -3.78. The van der Waals surface area contributed by atoms with Gasteiger partial charge in [0.15, 0.2) is 0 Å². The molecule has 1 aliphatic rings. The summed E-state index contributed by atoms with van der Waals surface area (Å²) >= 11 is 0. The van der Waals surface area contributed by atoms with Crippen LogP contribution in [-0.2, 0) is 33.3 Å². The van der Waals surface area contributed by atoms with Gasteiger partial charge in [0.2, 0.25) is 0 Å². The summed E-state index contributed by atoms with van der Waals surface area (Å²) in [5.74, 6) is 0. The third-order valence-electron chi connectivity index (χ3n) is 1.93. The molecule has 1 aliphatic heterocycles. The lowest BCUT2D eigenvalue weighted by atomic mass is 9.94. The monoisotopic (exact) mass is 291 g/mol. The van der Waals surface area contributed by atoms with Gasteiger partial charge in [-0.15, -0.1) is 0 Å². The standard InChI is InChI=1S/C7H14O8S2/c1-16(9,10)14-3-6-7(8,4-13-6)5-15-17(2,11)12/h6,8H,3-5H2,1-2H3/t6-,7-/m1/s1/i4D/t4?,6-,7-. The minimum Gasteiger partial charge on any atom is -0.382 e. The third-order valence-corrected chi connectivity index (χ3v) is 3.04. The van der Waals surface area contributed by atoms with Crippen LogP contribution in [0.25, 0.3) is 0 Å². The predicted octanol–water partition coefficient (Wildman–Crippen LogP) is -1.93. The van der Waals surface area contributed by atoms with Gasteiger partial charge in [-0.05, 0) is 0 Å². The van der Waals surface area contributed by atoms with Crippen molar-refractivity contribution in [2.24, 2.45) is 0 Å². The molecule has 0 bridgehead atoms. The molecule has 0 aliphatic carbocycles. The molecule has 1 saturated heterocycles. The fourth-order valence-corrected chi connectivity index (χ4v) is 1.79. The normalized spacial score (nSPS) is 35.1. The van der Waals surface area contributed by atoms with Crippen molar-refractivity contribution < 1.29 is 36.4 Å². The summed E-state index contributed by atoms with van der Waals surface area (Å²) in [5, 5.41) is 9.92. The van der Waals surface area contributed by atoms with E-state index in [1.165, 1.54) is 0 Å². The van der Waals surface area contributed by atoms with E-state index in [1.54, 1.807) is 0 Å². The first kappa shape index (κ1) is 13.2. The predicted molar refractivity (Wildman–Crippen MR) is 56.3 cm³/mol. The molecular weight excluding hydrogens is 276 g/mol. The highest BCUT2D eigenvalue weighted by Crippen LogP contribution is 2.27. The number of rotatable bonds is 6. The molecule has 0 amide bonds. The van der Waals surface area contributed by atoms with Gasteiger partial charge in [0.05, 0.1) is 33.7 Å². The van der Waals surface area contributed by atoms with Gasteiger partial charge < -0.3 is 9.84 Å². The van der Waals surface area contributed by atoms with E-state index < -0.39 is 51.7 Å². The zero-order chi connectivity index (χ0) is 14.2. The smallest absolute Gasteiger partial charge is 0.264 e. The van der Waals surface area contributed by atoms with Crippen molar-refractivity contribution in [2.75, 3.05) is 32.3 Å². The Hall–Kier alpha value is -0.260. The fourth-order valence-electron chi connectivity index (χ4n) is 1.02. The van der Waals surface area contributed by atoms with Gasteiger partial charge in [-0.25, -0.2) is 0 Å². The molecule has 17 heavy (non-hydrogen) atoms. The average molecular weight is 291 g/mol. The Kier molecular flexibility index (Phi) is 3.71. The van der Waals surface area contributed by atoms with Crippen LogP contribution in [-0.4, -0.2) is 66.0 Å². The van der Waals surface area contributed by atoms with E-state index in [2.05, 4.69) is 8.37 Å². The van der Waals surface area contributed by atoms with Gasteiger partial charge in [-0.2, -0.15) is 16.8 Å². The van der Waals surface area contributed by atoms with Crippen molar-refractivity contribution in [1.29, 1.82) is 0 Å². The van der Waals surface area contributed by atoms with Crippen LogP contribution in [0.2, 0.25) is 0 Å². The first-order chi connectivity index (χ1) is 7.94. The highest BCUT2D eigenvalue weighted by atomic mass is 32.2. The number of hydrogen-bond donors (Lipinski definition) is 1. The Labute approximate surface area is 101 Å². The molecule has 1 fully saturated rings. The van der Waals surface area contributed by atoms with Crippen molar-refractivity contribution in [3.05, 3.63) is 0 Å². The zero-order valence-corrected chi connectivity index (χ0v) is 10.8. The molecule has 0 aromatic carbocycles. The van der Waals surface area contributed by atoms with Crippen molar-refractivity contribution in [2.45, 2.75) is 11.7 Å². The topological polar surface area (TPSA) is 116 Å². The lowest BCUT2D eigenvalue weighted by molar-refractivity contribution is -0.254. The van der Waals surface area contributed by atoms with E-state index in [0.29, 0.717) is 0 Å². The maximum atomic E-state index is 10.8. The minimum absolute atomic E-state index is 0.516. The molecule has 8 nitrogen and oxygen atoms in total. The Bertz CT molecular complexity index is 500. The molecule has 0 aromatic heterocycles. The van der Waals surface area contributed by atoms with Gasteiger partial charge >= 0.3 is 0 Å². The number of hydrogen-bond acceptors (Lipinski definition) is 8. The highest BCUT2D eigenvalue weighted by molar-refractivity contribution is 7.86. The SMILES string of the molecule is [2H]C1O[C@H](COS(C)(=O)=O)[C@]1(O)COS(C)(=O)=O. The van der Waals surface area contributed by atoms with Crippen molar-refractivity contribution in [3.8, 4) is 0 Å². The molecule has 102 valence electrons. The Balaban J connectivity index is 2.61. The maximum absolute atomic E-state index is 10.8. The van der Waals surface area contributed by atoms with Gasteiger partial charge in [0.25, 0.3) is 20.2 Å². The summed E-state index contributed by atoms with van der Waals surface area (Å²) in [7, 11) is -7.50. The van der Waals surface area contributed by atoms with Gasteiger partial charge in [-0.3, -0.25) is 8.37 Å². The molecule has 1 rings (SSSR count). The molecule has 1 unspecified atom stereocenters. The van der Waals surface area contributed by atoms with E-state index in [0.717, 1.165) is 12.5 Å². The summed E-state index contributed by atoms with van der Waals surface area (Å²) < 4.78 is 63.9. The zero-order valence-electron chi connectivity index (χ0n) is 10.2. The molecule has 0 aromatic rings. The van der Waals surface area contributed by atoms with Gasteiger partial charge in [0, 0.05) is 0 Å². The molecular formula is C7H14O8S2. The van der Waals surface area contributed by atoms with Crippen LogP contribution in [0.15, 0.2) is 0 Å². The maximum Gasteiger partial charge on any atom is 0.264 e. The quantitative estimate of drug-likeness (QED) is 0.562. The number of aliphatic hydroxyl groups is 1. The second-order valence-corrected chi connectivity index (χ2v) is 6.98. The third kappa shape index (κ3) is 4.85. The van der Waals surface area contributed by atoms with Crippen LogP contribution in [0.1, 0.15) is 1.37 Å². The first-order valence-electron chi connectivity index (χ1n) is 5.01. The fraction of sp³-hybridized carbons (Fsp3) is 1.00. The van der Waals surface area contributed by atoms with Crippen LogP contribution in [0.5, 0.6) is 0 Å². The van der Waals surface area contributed by atoms with Crippen LogP contribution in [0.4, 0.5) is 0 Å². The van der Waals surface area contributed by atoms with Crippen LogP contribution in [0, 0.1) is 0 Å². The van der Waals surface area contributed by atoms with E-state index in [9.17, 15) is 21.9 Å². The Morgan fingerprint density at radius 1 is 1.35 bits per heavy atom. The second kappa shape index (κ2) is 4.78. The summed E-state index contributed by atoms with van der Waals surface area (Å²) in [5.41, 5.74) is -1.92. The molecule has 0 saturated carbocycles. The summed E-state index contributed by atoms with van der Waals surface area (Å²) in [6.07, 6.45) is 0.462. The Morgan fingerprint density at radius 2 is 1.88 bits per heavy atom. The largest absolute Gasteiger partial charge is 0.382 e. The van der Waals surface area contributed by atoms with Gasteiger partial charge in [-0.1, -0.05) is 0 Å². The summed E-state index contributed by atoms with van der Waals surface area (Å²) in [6, 6.07) is 0. The van der Waals surface area contributed by atoms with Crippen molar-refractivity contribution in [3.63, 3.8) is 0 Å². The lowest BCUT2D eigenvalue weighted by Gasteiger charge is -2.43. The van der Waals surface area contributed by atoms with Crippen LogP contribution < -0.4 is 0 Å². The lowest BCUT2D eigenvalue weighted by Crippen LogP contribution is -2.63. The van der Waals surface area contributed by atoms with Crippen molar-refractivity contribution >= 4 is 20.2 Å². The second-order valence-electron chi connectivity index (χ2n) is 3.69. The average Bonchev–Trinajstić information content (AvgIpc) is 2.18. The van der Waals surface area contributed by atoms with E-state index in [1.807, 2.05) is 0 Å². The molecule has 3 atom stereocenters. The first-order valence-corrected chi connectivity index (χ1v) is 8.06. The van der Waals surface area contributed by atoms with E-state index >= 15 is 0 Å². The summed E-state index contributed by atoms with van der Waals surface area (Å²) in [4.78, 5) is 0. The highest BCUT2D eigenvalue weighted by Gasteiger charge is 2.48. The van der Waals surface area contributed by atoms with Crippen LogP contribution in [0.3, 0.4) is 0 Å². The molecule has 1 heterocycles. The molecule has 0 radical (unpaired) electrons. The molecule has 0 spiro atoms. The van der Waals surface area contributed by atoms with Crippen molar-refractivity contribution in [1.82, 2.24) is 0 Å². The van der Waals surface area contributed by atoms with Crippen LogP contribution >= 0.6 is 0 Å². The Morgan fingerprint density at radius 3 is 2.29 bits per heavy atom. The molecule has 1 N–H and O–H groups in total. The van der Waals surface area contributed by atoms with E-state index in [4.69, 9.17) is 6.11 Å². The molecule has 10 heteroatoms. The summed E-state index contributed by atoms with van der Waals surface area (Å²) in [6.45, 7) is -2.64. The van der Waals surface area contributed by atoms with Gasteiger partial charge in [0.1, 0.15) is 11.7 Å².